The van der Waals surface area contributed by atoms with E-state index in [9.17, 15) is 16.8 Å². The zero-order valence-corrected chi connectivity index (χ0v) is 9.21. The quantitative estimate of drug-likeness (QED) is 0.661. The molecule has 86 valence electrons. The highest BCUT2D eigenvalue weighted by Crippen LogP contribution is 2.45. The lowest BCUT2D eigenvalue weighted by molar-refractivity contribution is 0.174. The Morgan fingerprint density at radius 3 is 1.81 bits per heavy atom. The van der Waals surface area contributed by atoms with E-state index in [0.29, 0.717) is 0 Å². The van der Waals surface area contributed by atoms with Crippen molar-refractivity contribution in [2.24, 2.45) is 0 Å². The van der Waals surface area contributed by atoms with Crippen LogP contribution in [0.3, 0.4) is 0 Å². The smallest absolute Gasteiger partial charge is 0.231 e. The Balaban J connectivity index is 2.42. The Labute approximate surface area is 91.1 Å². The lowest BCUT2D eigenvalue weighted by Gasteiger charge is -2.06. The van der Waals surface area contributed by atoms with Crippen LogP contribution < -0.4 is 9.47 Å². The summed E-state index contributed by atoms with van der Waals surface area (Å²) in [7, 11) is -8.27. The van der Waals surface area contributed by atoms with E-state index in [1.54, 1.807) is 0 Å². The van der Waals surface area contributed by atoms with Crippen LogP contribution in [0.2, 0.25) is 0 Å². The van der Waals surface area contributed by atoms with Gasteiger partial charge in [-0.2, -0.15) is 0 Å². The van der Waals surface area contributed by atoms with E-state index < -0.39 is 20.0 Å². The fraction of sp³-hybridized carbons (Fsp3) is 0.143. The Hall–Kier alpha value is -1.32. The van der Waals surface area contributed by atoms with E-state index in [0.717, 1.165) is 12.1 Å². The van der Waals surface area contributed by atoms with E-state index in [1.807, 2.05) is 0 Å². The Morgan fingerprint density at radius 2 is 1.38 bits per heavy atom. The Morgan fingerprint density at radius 1 is 0.938 bits per heavy atom. The van der Waals surface area contributed by atoms with E-state index in [4.69, 9.17) is 9.47 Å². The summed E-state index contributed by atoms with van der Waals surface area (Å²) in [5.74, 6) is 0.407. The van der Waals surface area contributed by atoms with Crippen molar-refractivity contribution >= 4 is 20.0 Å². The molecule has 0 unspecified atom stereocenters. The second-order valence-electron chi connectivity index (χ2n) is 3.18. The third kappa shape index (κ3) is 1.16. The van der Waals surface area contributed by atoms with Gasteiger partial charge in [-0.15, -0.1) is 0 Å². The second kappa shape index (κ2) is 2.67. The van der Waals surface area contributed by atoms with E-state index in [-0.39, 0.29) is 28.1 Å². The van der Waals surface area contributed by atoms with Gasteiger partial charge in [-0.25, -0.2) is 16.8 Å². The molecule has 0 aliphatic carbocycles. The number of benzene rings is 1. The molecule has 1 aromatic rings. The maximum Gasteiger partial charge on any atom is 0.231 e. The van der Waals surface area contributed by atoms with Crippen LogP contribution >= 0.6 is 0 Å². The molecule has 2 aliphatic rings. The minimum atomic E-state index is -4.13. The van der Waals surface area contributed by atoms with Gasteiger partial charge in [0.1, 0.15) is 20.0 Å². The molecule has 0 saturated heterocycles. The van der Waals surface area contributed by atoms with Crippen molar-refractivity contribution in [3.8, 4) is 11.5 Å². The third-order valence-corrected chi connectivity index (χ3v) is 5.68. The maximum atomic E-state index is 11.4. The summed E-state index contributed by atoms with van der Waals surface area (Å²) in [4.78, 5) is -0.728. The van der Waals surface area contributed by atoms with Crippen molar-refractivity contribution in [1.29, 1.82) is 0 Å². The number of ether oxygens (including phenoxy) is 2. The van der Waals surface area contributed by atoms with Crippen LogP contribution in [0.25, 0.3) is 4.13 Å². The predicted molar refractivity (Wildman–Crippen MR) is 50.3 cm³/mol. The second-order valence-corrected chi connectivity index (χ2v) is 6.55. The van der Waals surface area contributed by atoms with E-state index >= 15 is 0 Å². The van der Waals surface area contributed by atoms with Crippen molar-refractivity contribution in [1.82, 2.24) is 0 Å². The molecule has 0 atom stereocenters. The minimum absolute atomic E-state index is 0.0601. The molecule has 2 heterocycles. The summed E-state index contributed by atoms with van der Waals surface area (Å²) in [5.41, 5.74) is 0. The summed E-state index contributed by atoms with van der Waals surface area (Å²) in [5, 5.41) is 0. The zero-order chi connectivity index (χ0) is 11.6. The van der Waals surface area contributed by atoms with E-state index in [1.165, 1.54) is 0 Å². The van der Waals surface area contributed by atoms with Gasteiger partial charge >= 0.3 is 0 Å². The standard InChI is InChI=1S/C7H4NO6S2/c9-15(10)6-1-4-5(14-3-13-4)2-7(6)16(11,12)8-15/h1-2H,3H2/q-1. The van der Waals surface area contributed by atoms with Crippen molar-refractivity contribution in [3.63, 3.8) is 0 Å². The number of hydrogen-bond donors (Lipinski definition) is 0. The predicted octanol–water partition coefficient (Wildman–Crippen LogP) is 0.180. The van der Waals surface area contributed by atoms with Crippen LogP contribution in [-0.2, 0) is 20.0 Å². The number of rotatable bonds is 0. The molecule has 0 N–H and O–H groups in total. The van der Waals surface area contributed by atoms with Crippen molar-refractivity contribution in [2.45, 2.75) is 9.79 Å². The molecule has 7 nitrogen and oxygen atoms in total. The highest BCUT2D eigenvalue weighted by molar-refractivity contribution is 8.14. The normalized spacial score (nSPS) is 23.0. The number of nitrogens with zero attached hydrogens (tertiary/aromatic N) is 1. The van der Waals surface area contributed by atoms with Crippen LogP contribution in [0.15, 0.2) is 21.9 Å². The number of hydrogen-bond acceptors (Lipinski definition) is 6. The average molecular weight is 262 g/mol. The summed E-state index contributed by atoms with van der Waals surface area (Å²) in [6.45, 7) is -0.0601. The summed E-state index contributed by atoms with van der Waals surface area (Å²) in [6.07, 6.45) is 0. The van der Waals surface area contributed by atoms with Gasteiger partial charge in [-0.1, -0.05) is 0 Å². The van der Waals surface area contributed by atoms with Crippen molar-refractivity contribution in [2.75, 3.05) is 6.79 Å². The van der Waals surface area contributed by atoms with Crippen molar-refractivity contribution in [3.05, 3.63) is 16.3 Å². The first-order chi connectivity index (χ1) is 7.40. The van der Waals surface area contributed by atoms with Gasteiger partial charge in [0.15, 0.2) is 11.5 Å². The highest BCUT2D eigenvalue weighted by atomic mass is 32.3. The molecule has 2 aliphatic heterocycles. The topological polar surface area (TPSA) is 101 Å². The first-order valence-electron chi connectivity index (χ1n) is 4.08. The molecule has 0 radical (unpaired) electrons. The first kappa shape index (κ1) is 9.87. The first-order valence-corrected chi connectivity index (χ1v) is 6.96. The lowest BCUT2D eigenvalue weighted by atomic mass is 10.3. The van der Waals surface area contributed by atoms with Gasteiger partial charge in [0.05, 0.1) is 9.79 Å². The summed E-state index contributed by atoms with van der Waals surface area (Å²) in [6, 6.07) is 2.22. The molecule has 16 heavy (non-hydrogen) atoms. The number of fused-ring (bicyclic) bond motifs is 2. The van der Waals surface area contributed by atoms with Gasteiger partial charge < -0.3 is 13.6 Å². The molecule has 0 amide bonds. The van der Waals surface area contributed by atoms with Gasteiger partial charge in [0.25, 0.3) is 0 Å². The zero-order valence-electron chi connectivity index (χ0n) is 7.58. The van der Waals surface area contributed by atoms with Crippen molar-refractivity contribution < 1.29 is 26.3 Å². The van der Waals surface area contributed by atoms with Crippen LogP contribution in [0.5, 0.6) is 11.5 Å². The molecular weight excluding hydrogens is 258 g/mol. The van der Waals surface area contributed by atoms with Crippen LogP contribution in [0.1, 0.15) is 0 Å². The van der Waals surface area contributed by atoms with Crippen LogP contribution in [0.4, 0.5) is 0 Å². The van der Waals surface area contributed by atoms with Gasteiger partial charge in [-0.3, -0.25) is 0 Å². The summed E-state index contributed by atoms with van der Waals surface area (Å²) < 4.78 is 58.4. The van der Waals surface area contributed by atoms with Gasteiger partial charge in [-0.05, 0) is 0 Å². The monoisotopic (exact) mass is 262 g/mol. The molecule has 0 spiro atoms. The molecule has 0 saturated carbocycles. The van der Waals surface area contributed by atoms with Crippen LogP contribution in [0, 0.1) is 0 Å². The molecule has 0 bridgehead atoms. The SMILES string of the molecule is O=S1(=O)[N-]S(=O)(=O)c2cc3c(cc21)OCO3. The third-order valence-electron chi connectivity index (χ3n) is 2.19. The van der Waals surface area contributed by atoms with Gasteiger partial charge in [0.2, 0.25) is 6.79 Å². The highest BCUT2D eigenvalue weighted by Gasteiger charge is 2.31. The van der Waals surface area contributed by atoms with Gasteiger partial charge in [0, 0.05) is 12.1 Å². The van der Waals surface area contributed by atoms with Crippen LogP contribution in [-0.4, -0.2) is 23.6 Å². The Bertz CT molecular complexity index is 631. The minimum Gasteiger partial charge on any atom is -0.454 e. The number of sulfonamides is 2. The molecule has 3 rings (SSSR count). The lowest BCUT2D eigenvalue weighted by Crippen LogP contribution is -1.94. The molecule has 0 fully saturated rings. The average Bonchev–Trinajstić information content (AvgIpc) is 2.66. The Kier molecular flexibility index (Phi) is 1.65. The molecule has 1 aromatic carbocycles. The maximum absolute atomic E-state index is 11.4. The largest absolute Gasteiger partial charge is 0.454 e. The fourth-order valence-corrected chi connectivity index (χ4v) is 4.96. The molecular formula is C7H4NO6S2-. The fourth-order valence-electron chi connectivity index (χ4n) is 1.52. The molecule has 9 heteroatoms. The van der Waals surface area contributed by atoms with E-state index in [2.05, 4.69) is 4.13 Å². The summed E-state index contributed by atoms with van der Waals surface area (Å²) >= 11 is 0. The molecule has 0 aromatic heterocycles.